The molecule has 1 aliphatic rings. The van der Waals surface area contributed by atoms with Gasteiger partial charge in [-0.15, -0.1) is 11.8 Å². The third kappa shape index (κ3) is 12.7. The Morgan fingerprint density at radius 2 is 1.79 bits per heavy atom. The van der Waals surface area contributed by atoms with Gasteiger partial charge in [-0.05, 0) is 44.6 Å². The van der Waals surface area contributed by atoms with E-state index in [4.69, 9.17) is 19.9 Å². The normalized spacial score (nSPS) is 14.8. The molecule has 1 fully saturated rings. The number of likely N-dealkylation sites (tertiary alicyclic amines) is 1. The Hall–Kier alpha value is -4.31. The maximum Gasteiger partial charge on any atom is 0.415 e. The first kappa shape index (κ1) is 39.9. The molecule has 1 aromatic rings. The molecule has 6 amide bonds. The third-order valence-electron chi connectivity index (χ3n) is 7.46. The van der Waals surface area contributed by atoms with E-state index in [9.17, 15) is 28.8 Å². The second-order valence-corrected chi connectivity index (χ2v) is 12.2. The van der Waals surface area contributed by atoms with Gasteiger partial charge in [0, 0.05) is 56.9 Å². The lowest BCUT2D eigenvalue weighted by Gasteiger charge is -2.25. The first-order chi connectivity index (χ1) is 22.8. The van der Waals surface area contributed by atoms with Gasteiger partial charge in [-0.3, -0.25) is 29.4 Å². The highest BCUT2D eigenvalue weighted by atomic mass is 32.2. The fraction of sp³-hybridized carbons (Fsp3) is 0.562. The number of amides is 6. The summed E-state index contributed by atoms with van der Waals surface area (Å²) >= 11 is 1.17. The van der Waals surface area contributed by atoms with Gasteiger partial charge in [0.2, 0.25) is 23.6 Å². The van der Waals surface area contributed by atoms with Crippen molar-refractivity contribution in [2.24, 2.45) is 5.73 Å². The van der Waals surface area contributed by atoms with Crippen LogP contribution in [0.2, 0.25) is 0 Å². The number of ether oxygens (including phenoxy) is 3. The summed E-state index contributed by atoms with van der Waals surface area (Å²) in [6, 6.07) is 4.69. The average molecular weight is 693 g/mol. The Kier molecular flexibility index (Phi) is 16.7. The van der Waals surface area contributed by atoms with Crippen LogP contribution in [0.3, 0.4) is 0 Å². The number of hydrogen-bond donors (Lipinski definition) is 3. The molecule has 1 heterocycles. The van der Waals surface area contributed by atoms with E-state index in [1.165, 1.54) is 24.9 Å². The molecule has 0 radical (unpaired) electrons. The van der Waals surface area contributed by atoms with Crippen LogP contribution < -0.4 is 25.8 Å². The van der Waals surface area contributed by atoms with Gasteiger partial charge in [-0.2, -0.15) is 0 Å². The maximum atomic E-state index is 13.0. The Labute approximate surface area is 285 Å². The van der Waals surface area contributed by atoms with Crippen molar-refractivity contribution in [3.05, 3.63) is 36.0 Å². The molecule has 2 atom stereocenters. The number of benzene rings is 1. The minimum atomic E-state index is -0.964. The molecule has 2 unspecified atom stereocenters. The molecule has 0 saturated carbocycles. The van der Waals surface area contributed by atoms with Crippen molar-refractivity contribution >= 4 is 47.6 Å². The van der Waals surface area contributed by atoms with Crippen LogP contribution in [0.5, 0.6) is 11.5 Å². The van der Waals surface area contributed by atoms with Crippen molar-refractivity contribution in [1.82, 2.24) is 25.3 Å². The molecule has 0 aromatic heterocycles. The number of carbonyl (C=O) groups is 6. The van der Waals surface area contributed by atoms with Crippen LogP contribution in [-0.2, 0) is 23.9 Å². The number of methoxy groups -OCH3 is 1. The van der Waals surface area contributed by atoms with E-state index in [0.717, 1.165) is 18.0 Å². The van der Waals surface area contributed by atoms with Crippen LogP contribution in [-0.4, -0.2) is 114 Å². The number of imide groups is 1. The SMILES string of the molecule is C=C(C)NC(=O)OC(CNC(=O)CCSC1CC(=O)N(CCC(N)=O)C1=O)c1ccc(OC(=O)N(CC)CCN(CC)CC)c(OC)c1. The molecule has 1 saturated heterocycles. The van der Waals surface area contributed by atoms with Gasteiger partial charge in [0.15, 0.2) is 11.5 Å². The van der Waals surface area contributed by atoms with E-state index in [1.807, 2.05) is 6.92 Å². The van der Waals surface area contributed by atoms with Gasteiger partial charge < -0.3 is 35.1 Å². The number of nitrogens with one attached hydrogen (secondary N) is 2. The van der Waals surface area contributed by atoms with E-state index >= 15 is 0 Å². The predicted octanol–water partition coefficient (Wildman–Crippen LogP) is 2.40. The van der Waals surface area contributed by atoms with Gasteiger partial charge in [-0.25, -0.2) is 9.59 Å². The minimum absolute atomic E-state index is 0.0163. The topological polar surface area (TPSA) is 190 Å². The number of likely N-dealkylation sites (N-methyl/N-ethyl adjacent to an activating group) is 2. The number of nitrogens with zero attached hydrogens (tertiary/aromatic N) is 3. The van der Waals surface area contributed by atoms with Crippen molar-refractivity contribution in [3.8, 4) is 11.5 Å². The van der Waals surface area contributed by atoms with E-state index in [1.54, 1.807) is 24.0 Å². The van der Waals surface area contributed by atoms with E-state index in [0.29, 0.717) is 30.9 Å². The molecule has 1 aromatic carbocycles. The minimum Gasteiger partial charge on any atom is -0.493 e. The lowest BCUT2D eigenvalue weighted by Crippen LogP contribution is -2.40. The van der Waals surface area contributed by atoms with E-state index in [-0.39, 0.29) is 61.4 Å². The molecule has 48 heavy (non-hydrogen) atoms. The zero-order valence-electron chi connectivity index (χ0n) is 28.4. The van der Waals surface area contributed by atoms with Crippen LogP contribution in [0.4, 0.5) is 9.59 Å². The Morgan fingerprint density at radius 1 is 1.08 bits per heavy atom. The smallest absolute Gasteiger partial charge is 0.415 e. The average Bonchev–Trinajstić information content (AvgIpc) is 3.31. The highest BCUT2D eigenvalue weighted by Crippen LogP contribution is 2.32. The summed E-state index contributed by atoms with van der Waals surface area (Å²) in [5.41, 5.74) is 5.93. The Bertz CT molecular complexity index is 1320. The number of allylic oxidation sites excluding steroid dienone is 1. The van der Waals surface area contributed by atoms with Gasteiger partial charge >= 0.3 is 12.2 Å². The molecule has 1 aliphatic heterocycles. The molecular weight excluding hydrogens is 644 g/mol. The van der Waals surface area contributed by atoms with Gasteiger partial charge in [0.1, 0.15) is 6.10 Å². The molecule has 266 valence electrons. The van der Waals surface area contributed by atoms with E-state index in [2.05, 4.69) is 36.0 Å². The fourth-order valence-corrected chi connectivity index (χ4v) is 5.82. The summed E-state index contributed by atoms with van der Waals surface area (Å²) in [5.74, 6) is -1.14. The van der Waals surface area contributed by atoms with Crippen LogP contribution >= 0.6 is 11.8 Å². The Balaban J connectivity index is 2.06. The van der Waals surface area contributed by atoms with Crippen LogP contribution in [0.25, 0.3) is 0 Å². The van der Waals surface area contributed by atoms with Gasteiger partial charge in [0.05, 0.1) is 18.9 Å². The fourth-order valence-electron chi connectivity index (χ4n) is 4.70. The number of thioether (sulfide) groups is 1. The number of carbonyl (C=O) groups excluding carboxylic acids is 6. The van der Waals surface area contributed by atoms with Crippen molar-refractivity contribution in [3.63, 3.8) is 0 Å². The first-order valence-corrected chi connectivity index (χ1v) is 16.9. The zero-order valence-corrected chi connectivity index (χ0v) is 29.2. The number of alkyl carbamates (subject to hydrolysis) is 1. The summed E-state index contributed by atoms with van der Waals surface area (Å²) < 4.78 is 16.7. The standard InChI is InChI=1S/C32H48N6O9S/c1-7-36(8-2)15-16-37(9-3)32(44)47-23-11-10-22(18-24(23)45-6)25(46-31(43)35-21(4)5)20-34-28(40)13-17-48-26-19-29(41)38(30(26)42)14-12-27(33)39/h10-11,18,25-26H,4,7-9,12-17,19-20H2,1-3,5-6H3,(H2,33,39)(H,34,40)(H,35,43). The number of primary amides is 1. The Morgan fingerprint density at radius 3 is 2.40 bits per heavy atom. The van der Waals surface area contributed by atoms with Gasteiger partial charge in [0.25, 0.3) is 0 Å². The molecule has 2 rings (SSSR count). The highest BCUT2D eigenvalue weighted by molar-refractivity contribution is 8.00. The van der Waals surface area contributed by atoms with Crippen molar-refractivity contribution in [2.45, 2.75) is 58.3 Å². The molecule has 0 aliphatic carbocycles. The second-order valence-electron chi connectivity index (χ2n) is 10.9. The molecule has 16 heteroatoms. The van der Waals surface area contributed by atoms with Crippen molar-refractivity contribution in [2.75, 3.05) is 58.7 Å². The second kappa shape index (κ2) is 20.1. The van der Waals surface area contributed by atoms with Crippen LogP contribution in [0, 0.1) is 0 Å². The monoisotopic (exact) mass is 692 g/mol. The lowest BCUT2D eigenvalue weighted by molar-refractivity contribution is -0.138. The predicted molar refractivity (Wildman–Crippen MR) is 180 cm³/mol. The number of hydrogen-bond acceptors (Lipinski definition) is 11. The number of rotatable bonds is 20. The van der Waals surface area contributed by atoms with Crippen LogP contribution in [0.15, 0.2) is 30.5 Å². The quantitative estimate of drug-likeness (QED) is 0.170. The van der Waals surface area contributed by atoms with Crippen LogP contribution in [0.1, 0.15) is 58.6 Å². The maximum absolute atomic E-state index is 13.0. The summed E-state index contributed by atoms with van der Waals surface area (Å²) in [4.78, 5) is 78.8. The molecule has 15 nitrogen and oxygen atoms in total. The first-order valence-electron chi connectivity index (χ1n) is 15.8. The highest BCUT2D eigenvalue weighted by Gasteiger charge is 2.38. The summed E-state index contributed by atoms with van der Waals surface area (Å²) in [6.07, 6.45) is -2.39. The summed E-state index contributed by atoms with van der Waals surface area (Å²) in [5, 5.41) is 4.56. The van der Waals surface area contributed by atoms with Crippen molar-refractivity contribution < 1.29 is 43.0 Å². The lowest BCUT2D eigenvalue weighted by atomic mass is 10.1. The molecule has 0 spiro atoms. The third-order valence-corrected chi connectivity index (χ3v) is 8.67. The molecule has 0 bridgehead atoms. The van der Waals surface area contributed by atoms with Gasteiger partial charge in [-0.1, -0.05) is 26.5 Å². The van der Waals surface area contributed by atoms with E-state index < -0.39 is 35.4 Å². The summed E-state index contributed by atoms with van der Waals surface area (Å²) in [6.45, 7) is 14.4. The largest absolute Gasteiger partial charge is 0.493 e. The molecular formula is C32H48N6O9S. The number of nitrogens with two attached hydrogens (primary N) is 1. The van der Waals surface area contributed by atoms with Crippen molar-refractivity contribution in [1.29, 1.82) is 0 Å². The molecule has 4 N–H and O–H groups in total. The summed E-state index contributed by atoms with van der Waals surface area (Å²) in [7, 11) is 1.41. The zero-order chi connectivity index (χ0) is 35.8.